The van der Waals surface area contributed by atoms with Crippen LogP contribution in [0.2, 0.25) is 0 Å². The summed E-state index contributed by atoms with van der Waals surface area (Å²) in [4.78, 5) is 10.4. The highest BCUT2D eigenvalue weighted by atomic mass is 16.1. The lowest BCUT2D eigenvalue weighted by Crippen LogP contribution is -2.12. The highest BCUT2D eigenvalue weighted by Gasteiger charge is 1.95. The first kappa shape index (κ1) is 14.5. The highest BCUT2D eigenvalue weighted by molar-refractivity contribution is 5.53. The second-order valence-electron chi connectivity index (χ2n) is 3.72. The number of allylic oxidation sites excluding steroid dienone is 4. The Morgan fingerprint density at radius 3 is 2.44 bits per heavy atom. The van der Waals surface area contributed by atoms with E-state index in [1.807, 2.05) is 33.0 Å². The van der Waals surface area contributed by atoms with Gasteiger partial charge in [-0.2, -0.15) is 0 Å². The monoisotopic (exact) mass is 222 g/mol. The van der Waals surface area contributed by atoms with Crippen molar-refractivity contribution in [1.29, 1.82) is 0 Å². The van der Waals surface area contributed by atoms with Crippen molar-refractivity contribution in [2.75, 3.05) is 7.05 Å². The van der Waals surface area contributed by atoms with Crippen LogP contribution in [0.5, 0.6) is 0 Å². The maximum atomic E-state index is 10.4. The van der Waals surface area contributed by atoms with Crippen molar-refractivity contribution >= 4 is 6.41 Å². The van der Waals surface area contributed by atoms with E-state index in [1.165, 1.54) is 0 Å². The summed E-state index contributed by atoms with van der Waals surface area (Å²) >= 11 is 0. The number of hydrogen-bond donors (Lipinski definition) is 2. The quantitative estimate of drug-likeness (QED) is 0.513. The first-order valence-electron chi connectivity index (χ1n) is 5.59. The fourth-order valence-electron chi connectivity index (χ4n) is 1.13. The lowest BCUT2D eigenvalue weighted by Gasteiger charge is -2.06. The fraction of sp³-hybridized carbons (Fsp3) is 0.462. The third-order valence-corrected chi connectivity index (χ3v) is 2.09. The first-order chi connectivity index (χ1) is 7.65. The summed E-state index contributed by atoms with van der Waals surface area (Å²) < 4.78 is 0. The molecule has 0 aromatic carbocycles. The Kier molecular flexibility index (Phi) is 7.94. The number of carbonyl (C=O) groups is 1. The molecule has 0 aliphatic heterocycles. The number of unbranched alkanes of at least 4 members (excludes halogenated alkanes) is 1. The molecule has 0 bridgehead atoms. The van der Waals surface area contributed by atoms with Crippen LogP contribution in [-0.2, 0) is 4.79 Å². The second-order valence-corrected chi connectivity index (χ2v) is 3.72. The standard InChI is InChI=1S/C13H22N2O/c1-5-6-7-8-12(14-4)9-13(11(2)3)15-10-16/h7-10,14H,5-6H2,1-4H3,(H,15,16)/b8-7+,12-9+. The zero-order valence-electron chi connectivity index (χ0n) is 10.6. The van der Waals surface area contributed by atoms with Gasteiger partial charge in [-0.1, -0.05) is 25.0 Å². The zero-order valence-corrected chi connectivity index (χ0v) is 10.6. The van der Waals surface area contributed by atoms with Gasteiger partial charge in [0.05, 0.1) is 0 Å². The van der Waals surface area contributed by atoms with Crippen LogP contribution in [0.1, 0.15) is 33.6 Å². The Balaban J connectivity index is 4.77. The Bertz CT molecular complexity index is 297. The molecule has 2 N–H and O–H groups in total. The molecule has 1 amide bonds. The molecule has 0 radical (unpaired) electrons. The maximum Gasteiger partial charge on any atom is 0.211 e. The summed E-state index contributed by atoms with van der Waals surface area (Å²) in [6.07, 6.45) is 8.96. The molecule has 0 rings (SSSR count). The van der Waals surface area contributed by atoms with Gasteiger partial charge in [-0.15, -0.1) is 0 Å². The fourth-order valence-corrected chi connectivity index (χ4v) is 1.13. The van der Waals surface area contributed by atoms with Gasteiger partial charge in [0.1, 0.15) is 0 Å². The summed E-state index contributed by atoms with van der Waals surface area (Å²) in [5.74, 6) is 0. The Labute approximate surface area is 98.3 Å². The maximum absolute atomic E-state index is 10.4. The lowest BCUT2D eigenvalue weighted by atomic mass is 10.2. The molecular formula is C13H22N2O. The summed E-state index contributed by atoms with van der Waals surface area (Å²) in [5.41, 5.74) is 2.89. The summed E-state index contributed by atoms with van der Waals surface area (Å²) in [7, 11) is 1.87. The zero-order chi connectivity index (χ0) is 12.4. The number of amides is 1. The van der Waals surface area contributed by atoms with Gasteiger partial charge in [0.15, 0.2) is 0 Å². The first-order valence-corrected chi connectivity index (χ1v) is 5.59. The molecule has 0 atom stereocenters. The normalized spacial score (nSPS) is 11.4. The molecule has 0 fully saturated rings. The van der Waals surface area contributed by atoms with Gasteiger partial charge in [-0.25, -0.2) is 0 Å². The third kappa shape index (κ3) is 6.06. The van der Waals surface area contributed by atoms with Crippen LogP contribution in [0, 0.1) is 0 Å². The summed E-state index contributed by atoms with van der Waals surface area (Å²) in [5, 5.41) is 5.77. The van der Waals surface area contributed by atoms with Crippen LogP contribution in [0.15, 0.2) is 35.2 Å². The molecule has 0 aliphatic rings. The summed E-state index contributed by atoms with van der Waals surface area (Å²) in [6, 6.07) is 0. The molecular weight excluding hydrogens is 200 g/mol. The van der Waals surface area contributed by atoms with E-state index >= 15 is 0 Å². The lowest BCUT2D eigenvalue weighted by molar-refractivity contribution is -0.108. The van der Waals surface area contributed by atoms with Gasteiger partial charge >= 0.3 is 0 Å². The number of nitrogens with one attached hydrogen (secondary N) is 2. The average Bonchev–Trinajstić information content (AvgIpc) is 2.26. The Morgan fingerprint density at radius 1 is 1.31 bits per heavy atom. The van der Waals surface area contributed by atoms with E-state index in [2.05, 4.69) is 23.6 Å². The van der Waals surface area contributed by atoms with E-state index in [0.717, 1.165) is 29.8 Å². The number of hydrogen-bond acceptors (Lipinski definition) is 2. The predicted octanol–water partition coefficient (Wildman–Crippen LogP) is 2.49. The van der Waals surface area contributed by atoms with E-state index in [4.69, 9.17) is 0 Å². The highest BCUT2D eigenvalue weighted by Crippen LogP contribution is 2.05. The van der Waals surface area contributed by atoms with Gasteiger partial charge < -0.3 is 10.6 Å². The third-order valence-electron chi connectivity index (χ3n) is 2.09. The topological polar surface area (TPSA) is 41.1 Å². The average molecular weight is 222 g/mol. The van der Waals surface area contributed by atoms with Gasteiger partial charge in [0.25, 0.3) is 0 Å². The minimum absolute atomic E-state index is 0.696. The predicted molar refractivity (Wildman–Crippen MR) is 68.8 cm³/mol. The van der Waals surface area contributed by atoms with Crippen LogP contribution < -0.4 is 10.6 Å². The van der Waals surface area contributed by atoms with Gasteiger partial charge in [-0.3, -0.25) is 4.79 Å². The smallest absolute Gasteiger partial charge is 0.211 e. The largest absolute Gasteiger partial charge is 0.388 e. The van der Waals surface area contributed by atoms with Crippen LogP contribution in [0.3, 0.4) is 0 Å². The molecule has 0 saturated carbocycles. The van der Waals surface area contributed by atoms with E-state index in [1.54, 1.807) is 0 Å². The van der Waals surface area contributed by atoms with Crippen molar-refractivity contribution in [3.63, 3.8) is 0 Å². The van der Waals surface area contributed by atoms with Crippen molar-refractivity contribution in [3.05, 3.63) is 35.2 Å². The Hall–Kier alpha value is -1.51. The molecule has 0 aromatic rings. The number of carbonyl (C=O) groups excluding carboxylic acids is 1. The molecule has 0 unspecified atom stereocenters. The number of likely N-dealkylation sites (N-methyl/N-ethyl adjacent to an activating group) is 1. The molecule has 90 valence electrons. The molecule has 0 heterocycles. The molecule has 0 aromatic heterocycles. The number of rotatable bonds is 7. The van der Waals surface area contributed by atoms with E-state index in [9.17, 15) is 4.79 Å². The molecule has 0 aliphatic carbocycles. The second kappa shape index (κ2) is 8.77. The molecule has 16 heavy (non-hydrogen) atoms. The van der Waals surface area contributed by atoms with Crippen molar-refractivity contribution in [3.8, 4) is 0 Å². The molecule has 0 saturated heterocycles. The van der Waals surface area contributed by atoms with Crippen LogP contribution in [0.4, 0.5) is 0 Å². The van der Waals surface area contributed by atoms with E-state index in [-0.39, 0.29) is 0 Å². The van der Waals surface area contributed by atoms with Crippen molar-refractivity contribution in [2.24, 2.45) is 0 Å². The van der Waals surface area contributed by atoms with Crippen LogP contribution in [-0.4, -0.2) is 13.5 Å². The van der Waals surface area contributed by atoms with Crippen LogP contribution >= 0.6 is 0 Å². The Morgan fingerprint density at radius 2 is 2.00 bits per heavy atom. The SMILES string of the molecule is CCC/C=C/C(=C\C(NC=O)=C(C)C)NC. The molecule has 0 spiro atoms. The minimum atomic E-state index is 0.696. The molecule has 3 heteroatoms. The van der Waals surface area contributed by atoms with E-state index < -0.39 is 0 Å². The van der Waals surface area contributed by atoms with Gasteiger partial charge in [0, 0.05) is 18.4 Å². The van der Waals surface area contributed by atoms with Crippen LogP contribution in [0.25, 0.3) is 0 Å². The van der Waals surface area contributed by atoms with E-state index in [0.29, 0.717) is 6.41 Å². The van der Waals surface area contributed by atoms with Crippen molar-refractivity contribution < 1.29 is 4.79 Å². The van der Waals surface area contributed by atoms with Crippen molar-refractivity contribution in [1.82, 2.24) is 10.6 Å². The van der Waals surface area contributed by atoms with Gasteiger partial charge in [0.2, 0.25) is 6.41 Å². The molecule has 3 nitrogen and oxygen atoms in total. The summed E-state index contributed by atoms with van der Waals surface area (Å²) in [6.45, 7) is 6.07. The minimum Gasteiger partial charge on any atom is -0.388 e. The van der Waals surface area contributed by atoms with Crippen molar-refractivity contribution in [2.45, 2.75) is 33.6 Å². The van der Waals surface area contributed by atoms with Gasteiger partial charge in [-0.05, 0) is 32.4 Å².